The van der Waals surface area contributed by atoms with Gasteiger partial charge in [-0.05, 0) is 80.3 Å². The molecule has 0 spiro atoms. The fourth-order valence-electron chi connectivity index (χ4n) is 5.94. The maximum absolute atomic E-state index is 12.9. The highest BCUT2D eigenvalue weighted by Gasteiger charge is 2.39. The van der Waals surface area contributed by atoms with Crippen LogP contribution in [0.4, 0.5) is 5.69 Å². The zero-order valence-corrected chi connectivity index (χ0v) is 25.5. The van der Waals surface area contributed by atoms with E-state index >= 15 is 0 Å². The van der Waals surface area contributed by atoms with Crippen molar-refractivity contribution in [1.82, 2.24) is 26.0 Å². The quantitative estimate of drug-likeness (QED) is 0.158. The molecule has 0 aliphatic carbocycles. The van der Waals surface area contributed by atoms with E-state index in [-0.39, 0.29) is 24.1 Å². The number of rotatable bonds is 11. The Morgan fingerprint density at radius 3 is 2.55 bits per heavy atom. The lowest BCUT2D eigenvalue weighted by Gasteiger charge is -2.36. The predicted molar refractivity (Wildman–Crippen MR) is 169 cm³/mol. The highest BCUT2D eigenvalue weighted by atomic mass is 16.2. The topological polar surface area (TPSA) is 114 Å². The summed E-state index contributed by atoms with van der Waals surface area (Å²) >= 11 is 0. The molecule has 2 aromatic rings. The van der Waals surface area contributed by atoms with Crippen LogP contribution in [0.1, 0.15) is 83.7 Å². The Labute approximate surface area is 259 Å². The first-order chi connectivity index (χ1) is 21.4. The summed E-state index contributed by atoms with van der Waals surface area (Å²) < 4.78 is 0. The number of fused-ring (bicyclic) bond motifs is 1. The Hall–Kier alpha value is -4.20. The highest BCUT2D eigenvalue weighted by Crippen LogP contribution is 2.28. The Morgan fingerprint density at radius 2 is 1.80 bits per heavy atom. The first-order valence-electron chi connectivity index (χ1n) is 15.8. The van der Waals surface area contributed by atoms with Crippen molar-refractivity contribution in [1.29, 1.82) is 0 Å². The van der Waals surface area contributed by atoms with Gasteiger partial charge in [0.15, 0.2) is 0 Å². The number of unbranched alkanes of at least 4 members (excludes halogenated alkanes) is 3. The molecule has 4 amide bonds. The molecule has 3 N–H and O–H groups in total. The lowest BCUT2D eigenvalue weighted by atomic mass is 10.0. The number of piperazine rings is 1. The number of benzene rings is 2. The molecule has 232 valence electrons. The predicted octanol–water partition coefficient (Wildman–Crippen LogP) is 2.83. The normalized spacial score (nSPS) is 18.5. The lowest BCUT2D eigenvalue weighted by Crippen LogP contribution is -2.52. The van der Waals surface area contributed by atoms with Gasteiger partial charge in [0.1, 0.15) is 6.04 Å². The summed E-state index contributed by atoms with van der Waals surface area (Å²) in [5.74, 6) is 5.56. The van der Waals surface area contributed by atoms with Crippen LogP contribution in [0.5, 0.6) is 0 Å². The number of nitrogens with zero attached hydrogens (tertiary/aromatic N) is 3. The van der Waals surface area contributed by atoms with Crippen LogP contribution in [0.25, 0.3) is 0 Å². The second kappa shape index (κ2) is 15.0. The van der Waals surface area contributed by atoms with E-state index in [1.54, 1.807) is 11.0 Å². The summed E-state index contributed by atoms with van der Waals surface area (Å²) in [6, 6.07) is 12.9. The fourth-order valence-corrected chi connectivity index (χ4v) is 5.94. The average Bonchev–Trinajstić information content (AvgIpc) is 3.36. The summed E-state index contributed by atoms with van der Waals surface area (Å²) in [5.41, 5.74) is 9.83. The number of carbonyl (C=O) groups is 4. The second-order valence-electron chi connectivity index (χ2n) is 11.6. The largest absolute Gasteiger partial charge is 0.369 e. The molecule has 10 nitrogen and oxygen atoms in total. The van der Waals surface area contributed by atoms with E-state index in [4.69, 9.17) is 0 Å². The molecule has 2 aromatic carbocycles. The van der Waals surface area contributed by atoms with E-state index in [0.717, 1.165) is 88.2 Å². The summed E-state index contributed by atoms with van der Waals surface area (Å²) in [6.45, 7) is 8.28. The Morgan fingerprint density at radius 1 is 1.00 bits per heavy atom. The molecule has 0 bridgehead atoms. The van der Waals surface area contributed by atoms with Crippen molar-refractivity contribution in [3.05, 3.63) is 64.7 Å². The zero-order chi connectivity index (χ0) is 30.9. The van der Waals surface area contributed by atoms with E-state index in [2.05, 4.69) is 44.7 Å². The minimum Gasteiger partial charge on any atom is -0.369 e. The van der Waals surface area contributed by atoms with E-state index in [1.807, 2.05) is 36.4 Å². The van der Waals surface area contributed by atoms with Crippen LogP contribution >= 0.6 is 0 Å². The molecule has 1 unspecified atom stereocenters. The Balaban J connectivity index is 0.978. The van der Waals surface area contributed by atoms with Crippen LogP contribution in [-0.4, -0.2) is 78.7 Å². The van der Waals surface area contributed by atoms with Crippen LogP contribution in [0.15, 0.2) is 42.5 Å². The number of amides is 4. The number of hydrazine groups is 1. The summed E-state index contributed by atoms with van der Waals surface area (Å²) in [5, 5.41) is 2.34. The zero-order valence-electron chi connectivity index (χ0n) is 25.5. The van der Waals surface area contributed by atoms with Gasteiger partial charge >= 0.3 is 0 Å². The Bertz CT molecular complexity index is 1420. The van der Waals surface area contributed by atoms with Gasteiger partial charge in [-0.15, -0.1) is 0 Å². The molecule has 1 atom stereocenters. The molecule has 0 saturated carbocycles. The first-order valence-corrected chi connectivity index (χ1v) is 15.8. The van der Waals surface area contributed by atoms with Crippen LogP contribution in [0, 0.1) is 11.8 Å². The van der Waals surface area contributed by atoms with Crippen molar-refractivity contribution in [3.8, 4) is 11.8 Å². The Kier molecular flexibility index (Phi) is 10.6. The molecule has 5 rings (SSSR count). The van der Waals surface area contributed by atoms with Crippen LogP contribution in [0.2, 0.25) is 0 Å². The number of hydrogen-bond donors (Lipinski definition) is 3. The van der Waals surface area contributed by atoms with E-state index < -0.39 is 11.9 Å². The molecular weight excluding hydrogens is 556 g/mol. The molecule has 3 heterocycles. The van der Waals surface area contributed by atoms with Gasteiger partial charge < -0.3 is 9.80 Å². The van der Waals surface area contributed by atoms with Crippen LogP contribution in [0.3, 0.4) is 0 Å². The van der Waals surface area contributed by atoms with Crippen molar-refractivity contribution in [2.45, 2.75) is 64.5 Å². The van der Waals surface area contributed by atoms with Gasteiger partial charge in [0.05, 0.1) is 0 Å². The van der Waals surface area contributed by atoms with Gasteiger partial charge in [0, 0.05) is 74.5 Å². The third-order valence-electron chi connectivity index (χ3n) is 8.48. The average molecular weight is 599 g/mol. The van der Waals surface area contributed by atoms with E-state index in [1.165, 1.54) is 0 Å². The summed E-state index contributed by atoms with van der Waals surface area (Å²) in [4.78, 5) is 55.2. The third kappa shape index (κ3) is 7.84. The number of imide groups is 1. The molecule has 3 aliphatic rings. The fraction of sp³-hybridized carbons (Fsp3) is 0.471. The maximum Gasteiger partial charge on any atom is 0.265 e. The van der Waals surface area contributed by atoms with Gasteiger partial charge in [-0.2, -0.15) is 0 Å². The van der Waals surface area contributed by atoms with Gasteiger partial charge in [-0.1, -0.05) is 25.2 Å². The van der Waals surface area contributed by atoms with Crippen molar-refractivity contribution in [2.75, 3.05) is 44.2 Å². The minimum atomic E-state index is -0.600. The number of hydrogen-bond acceptors (Lipinski definition) is 7. The molecule has 2 saturated heterocycles. The van der Waals surface area contributed by atoms with Crippen molar-refractivity contribution < 1.29 is 19.2 Å². The molecular formula is C34H42N6O4. The van der Waals surface area contributed by atoms with Gasteiger partial charge in [0.25, 0.3) is 11.8 Å². The van der Waals surface area contributed by atoms with Crippen molar-refractivity contribution in [3.63, 3.8) is 0 Å². The highest BCUT2D eigenvalue weighted by molar-refractivity contribution is 6.05. The molecule has 10 heteroatoms. The summed E-state index contributed by atoms with van der Waals surface area (Å²) in [7, 11) is 0. The van der Waals surface area contributed by atoms with Crippen LogP contribution < -0.4 is 21.1 Å². The van der Waals surface area contributed by atoms with Crippen molar-refractivity contribution in [2.24, 2.45) is 0 Å². The minimum absolute atomic E-state index is 0.109. The van der Waals surface area contributed by atoms with E-state index in [0.29, 0.717) is 24.1 Å². The van der Waals surface area contributed by atoms with Gasteiger partial charge in [-0.25, -0.2) is 5.43 Å². The standard InChI is InChI=1S/C34H42N6O4/c1-2-17-35-37-32(42)26-10-12-28(13-11-26)39-21-19-38(20-22-39)18-7-5-3-4-6-8-25-9-14-29-27(23-25)24-40(34(29)44)30-15-16-31(41)36-33(30)43/h9-14,23,30,35H,2-5,7,15-22,24H2,1H3,(H,37,42)(H,36,41,43). The molecule has 2 fully saturated rings. The first kappa shape index (κ1) is 31.2. The van der Waals surface area contributed by atoms with Gasteiger partial charge in [-0.3, -0.25) is 34.8 Å². The monoisotopic (exact) mass is 598 g/mol. The lowest BCUT2D eigenvalue weighted by molar-refractivity contribution is -0.136. The van der Waals surface area contributed by atoms with E-state index in [9.17, 15) is 19.2 Å². The SMILES string of the molecule is CCCNNC(=O)c1ccc(N2CCN(CCCCCC#Cc3ccc4c(c3)CN(C3CCC(=O)NC3=O)C4=O)CC2)cc1. The second-order valence-corrected chi connectivity index (χ2v) is 11.6. The maximum atomic E-state index is 12.9. The molecule has 44 heavy (non-hydrogen) atoms. The third-order valence-corrected chi connectivity index (χ3v) is 8.48. The summed E-state index contributed by atoms with van der Waals surface area (Å²) in [6.07, 6.45) is 5.73. The van der Waals surface area contributed by atoms with Crippen LogP contribution in [-0.2, 0) is 16.1 Å². The molecule has 3 aliphatic heterocycles. The number of anilines is 1. The smallest absolute Gasteiger partial charge is 0.265 e. The number of piperidine rings is 1. The number of nitrogens with one attached hydrogen (secondary N) is 3. The molecule has 0 aromatic heterocycles. The van der Waals surface area contributed by atoms with Crippen molar-refractivity contribution >= 4 is 29.3 Å². The van der Waals surface area contributed by atoms with Gasteiger partial charge in [0.2, 0.25) is 11.8 Å². The number of carbonyl (C=O) groups excluding carboxylic acids is 4. The molecule has 0 radical (unpaired) electrons.